The second-order valence-corrected chi connectivity index (χ2v) is 2.91. The van der Waals surface area contributed by atoms with Gasteiger partial charge in [0.2, 0.25) is 0 Å². The summed E-state index contributed by atoms with van der Waals surface area (Å²) in [5.74, 6) is -1.16. The number of nitrogens with zero attached hydrogens (tertiary/aromatic N) is 2. The van der Waals surface area contributed by atoms with Crippen LogP contribution in [-0.2, 0) is 11.2 Å². The lowest BCUT2D eigenvalue weighted by Gasteiger charge is -1.98. The highest BCUT2D eigenvalue weighted by atomic mass is 16.6. The lowest BCUT2D eigenvalue weighted by Crippen LogP contribution is -2.02. The summed E-state index contributed by atoms with van der Waals surface area (Å²) in [5, 5.41) is 29.4. The normalized spacial score (nSPS) is 9.75. The van der Waals surface area contributed by atoms with Crippen molar-refractivity contribution in [1.29, 1.82) is 0 Å². The zero-order valence-corrected chi connectivity index (χ0v) is 7.82. The van der Waals surface area contributed by atoms with Crippen LogP contribution < -0.4 is 0 Å². The third-order valence-corrected chi connectivity index (χ3v) is 1.79. The molecule has 0 aliphatic rings. The number of rotatable bonds is 4. The Kier molecular flexibility index (Phi) is 3.14. The minimum atomic E-state index is -1.16. The molecule has 16 heavy (non-hydrogen) atoms. The highest BCUT2D eigenvalue weighted by Crippen LogP contribution is 2.27. The maximum atomic E-state index is 10.5. The third kappa shape index (κ3) is 2.50. The number of aliphatic carboxylic acids is 1. The van der Waals surface area contributed by atoms with E-state index in [1.54, 1.807) is 0 Å². The Morgan fingerprint density at radius 2 is 1.75 bits per heavy atom. The predicted octanol–water partition coefficient (Wildman–Crippen LogP) is 1.13. The molecule has 0 saturated carbocycles. The summed E-state index contributed by atoms with van der Waals surface area (Å²) in [5.41, 5.74) is -1.22. The lowest BCUT2D eigenvalue weighted by atomic mass is 10.1. The average molecular weight is 226 g/mol. The fraction of sp³-hybridized carbons (Fsp3) is 0.125. The van der Waals surface area contributed by atoms with Gasteiger partial charge < -0.3 is 5.11 Å². The van der Waals surface area contributed by atoms with Gasteiger partial charge >= 0.3 is 17.3 Å². The van der Waals surface area contributed by atoms with Gasteiger partial charge in [0, 0.05) is 12.1 Å². The summed E-state index contributed by atoms with van der Waals surface area (Å²) in [4.78, 5) is 29.5. The molecule has 0 atom stereocenters. The van der Waals surface area contributed by atoms with Crippen LogP contribution in [0.5, 0.6) is 0 Å². The van der Waals surface area contributed by atoms with Gasteiger partial charge in [-0.3, -0.25) is 25.0 Å². The molecule has 0 saturated heterocycles. The van der Waals surface area contributed by atoms with Crippen LogP contribution in [0.3, 0.4) is 0 Å². The second kappa shape index (κ2) is 4.34. The SMILES string of the molecule is O=C(O)Cc1ccc([N+](=O)[O-])c([N+](=O)[O-])c1. The number of carboxylic acids is 1. The minimum absolute atomic E-state index is 0.143. The molecular weight excluding hydrogens is 220 g/mol. The second-order valence-electron chi connectivity index (χ2n) is 2.91. The van der Waals surface area contributed by atoms with E-state index in [2.05, 4.69) is 0 Å². The Morgan fingerprint density at radius 3 is 2.19 bits per heavy atom. The van der Waals surface area contributed by atoms with E-state index in [1.807, 2.05) is 0 Å². The maximum absolute atomic E-state index is 10.5. The maximum Gasteiger partial charge on any atom is 0.346 e. The van der Waals surface area contributed by atoms with Crippen LogP contribution in [0.15, 0.2) is 18.2 Å². The van der Waals surface area contributed by atoms with Crippen molar-refractivity contribution in [2.24, 2.45) is 0 Å². The Hall–Kier alpha value is -2.51. The lowest BCUT2D eigenvalue weighted by molar-refractivity contribution is -0.422. The van der Waals surface area contributed by atoms with Crippen molar-refractivity contribution in [3.8, 4) is 0 Å². The number of nitro groups is 2. The zero-order valence-electron chi connectivity index (χ0n) is 7.82. The predicted molar refractivity (Wildman–Crippen MR) is 51.1 cm³/mol. The molecule has 0 aromatic heterocycles. The molecule has 0 aliphatic carbocycles. The quantitative estimate of drug-likeness (QED) is 0.606. The number of nitro benzene ring substituents is 2. The molecule has 8 heteroatoms. The summed E-state index contributed by atoms with van der Waals surface area (Å²) >= 11 is 0. The van der Waals surface area contributed by atoms with E-state index in [4.69, 9.17) is 5.11 Å². The molecule has 0 bridgehead atoms. The third-order valence-electron chi connectivity index (χ3n) is 1.79. The van der Waals surface area contributed by atoms with Gasteiger partial charge in [0.1, 0.15) is 0 Å². The van der Waals surface area contributed by atoms with Crippen LogP contribution in [0.4, 0.5) is 11.4 Å². The summed E-state index contributed by atoms with van der Waals surface area (Å²) in [6.07, 6.45) is -0.418. The summed E-state index contributed by atoms with van der Waals surface area (Å²) in [6, 6.07) is 3.00. The van der Waals surface area contributed by atoms with E-state index in [-0.39, 0.29) is 5.56 Å². The molecule has 84 valence electrons. The van der Waals surface area contributed by atoms with E-state index in [0.29, 0.717) is 0 Å². The summed E-state index contributed by atoms with van der Waals surface area (Å²) in [7, 11) is 0. The zero-order chi connectivity index (χ0) is 12.3. The molecule has 1 N–H and O–H groups in total. The van der Waals surface area contributed by atoms with Gasteiger partial charge in [-0.25, -0.2) is 0 Å². The first-order chi connectivity index (χ1) is 7.41. The van der Waals surface area contributed by atoms with Gasteiger partial charge in [0.25, 0.3) is 0 Å². The molecule has 0 heterocycles. The van der Waals surface area contributed by atoms with Crippen molar-refractivity contribution in [3.05, 3.63) is 44.0 Å². The Balaban J connectivity index is 3.22. The van der Waals surface area contributed by atoms with Gasteiger partial charge in [-0.05, 0) is 5.56 Å². The number of benzene rings is 1. The standard InChI is InChI=1S/C8H6N2O6/c11-8(12)4-5-1-2-6(9(13)14)7(3-5)10(15)16/h1-3H,4H2,(H,11,12). The van der Waals surface area contributed by atoms with E-state index >= 15 is 0 Å². The van der Waals surface area contributed by atoms with Gasteiger partial charge in [-0.1, -0.05) is 6.07 Å². The summed E-state index contributed by atoms with van der Waals surface area (Å²) < 4.78 is 0. The minimum Gasteiger partial charge on any atom is -0.481 e. The van der Waals surface area contributed by atoms with Gasteiger partial charge in [0.05, 0.1) is 16.3 Å². The number of carboxylic acid groups (broad SMARTS) is 1. The molecule has 0 radical (unpaired) electrons. The molecule has 0 spiro atoms. The number of carbonyl (C=O) groups is 1. The smallest absolute Gasteiger partial charge is 0.346 e. The van der Waals surface area contributed by atoms with E-state index in [9.17, 15) is 25.0 Å². The van der Waals surface area contributed by atoms with Crippen LogP contribution in [0.2, 0.25) is 0 Å². The molecule has 1 aromatic carbocycles. The number of hydrogen-bond acceptors (Lipinski definition) is 5. The summed E-state index contributed by atoms with van der Waals surface area (Å²) in [6.45, 7) is 0. The van der Waals surface area contributed by atoms with Crippen LogP contribution in [-0.4, -0.2) is 20.9 Å². The molecule has 8 nitrogen and oxygen atoms in total. The monoisotopic (exact) mass is 226 g/mol. The first-order valence-corrected chi connectivity index (χ1v) is 4.05. The average Bonchev–Trinajstić information content (AvgIpc) is 2.16. The Morgan fingerprint density at radius 1 is 1.19 bits per heavy atom. The molecule has 1 rings (SSSR count). The highest BCUT2D eigenvalue weighted by molar-refractivity contribution is 5.71. The molecular formula is C8H6N2O6. The molecule has 0 amide bonds. The van der Waals surface area contributed by atoms with Gasteiger partial charge in [-0.2, -0.15) is 0 Å². The number of hydrogen-bond donors (Lipinski definition) is 1. The van der Waals surface area contributed by atoms with Crippen LogP contribution >= 0.6 is 0 Å². The van der Waals surface area contributed by atoms with Crippen LogP contribution in [0.1, 0.15) is 5.56 Å². The van der Waals surface area contributed by atoms with Crippen molar-refractivity contribution in [2.45, 2.75) is 6.42 Å². The van der Waals surface area contributed by atoms with Crippen molar-refractivity contribution >= 4 is 17.3 Å². The molecule has 1 aromatic rings. The fourth-order valence-electron chi connectivity index (χ4n) is 1.15. The Bertz CT molecular complexity index is 470. The van der Waals surface area contributed by atoms with E-state index in [0.717, 1.165) is 12.1 Å². The van der Waals surface area contributed by atoms with E-state index < -0.39 is 33.6 Å². The first kappa shape index (κ1) is 11.6. The van der Waals surface area contributed by atoms with Gasteiger partial charge in [0.15, 0.2) is 0 Å². The van der Waals surface area contributed by atoms with Crippen molar-refractivity contribution in [3.63, 3.8) is 0 Å². The molecule has 0 unspecified atom stereocenters. The largest absolute Gasteiger partial charge is 0.481 e. The topological polar surface area (TPSA) is 124 Å². The van der Waals surface area contributed by atoms with Crippen molar-refractivity contribution < 1.29 is 19.7 Å². The van der Waals surface area contributed by atoms with Crippen LogP contribution in [0.25, 0.3) is 0 Å². The first-order valence-electron chi connectivity index (χ1n) is 4.05. The molecule has 0 aliphatic heterocycles. The Labute approximate surface area is 88.4 Å². The van der Waals surface area contributed by atoms with Crippen molar-refractivity contribution in [1.82, 2.24) is 0 Å². The van der Waals surface area contributed by atoms with E-state index in [1.165, 1.54) is 6.07 Å². The van der Waals surface area contributed by atoms with Crippen LogP contribution in [0, 0.1) is 20.2 Å². The molecule has 0 fully saturated rings. The van der Waals surface area contributed by atoms with Crippen molar-refractivity contribution in [2.75, 3.05) is 0 Å². The fourth-order valence-corrected chi connectivity index (χ4v) is 1.15. The highest BCUT2D eigenvalue weighted by Gasteiger charge is 2.24. The van der Waals surface area contributed by atoms with Gasteiger partial charge in [-0.15, -0.1) is 0 Å².